The number of hydrogen-bond acceptors (Lipinski definition) is 4. The van der Waals surface area contributed by atoms with Crippen LogP contribution in [0.1, 0.15) is 0 Å². The van der Waals surface area contributed by atoms with Crippen molar-refractivity contribution >= 4 is 33.7 Å². The zero-order valence-corrected chi connectivity index (χ0v) is 4.90. The fraction of sp³-hybridized carbons (Fsp3) is 0. The molecule has 0 heterocycles. The Balaban J connectivity index is 0. The molecule has 0 amide bonds. The molecule has 0 rings (SSSR count). The minimum Gasteiger partial charge on any atom is -0.780 e. The Bertz CT molecular complexity index is 89.2. The third-order valence-corrected chi connectivity index (χ3v) is 0. The van der Waals surface area contributed by atoms with Gasteiger partial charge in [-0.3, -0.25) is 4.21 Å². The monoisotopic (exact) mass is 144 g/mol. The van der Waals surface area contributed by atoms with E-state index >= 15 is 0 Å². The third-order valence-electron chi connectivity index (χ3n) is 0. The fourth-order valence-electron chi connectivity index (χ4n) is 0. The zero-order valence-electron chi connectivity index (χ0n) is 2.45. The second-order valence-corrected chi connectivity index (χ2v) is 2.45. The summed E-state index contributed by atoms with van der Waals surface area (Å²) in [5, 5.41) is 0. The van der Waals surface area contributed by atoms with E-state index in [4.69, 9.17) is 13.3 Å². The van der Waals surface area contributed by atoms with E-state index in [-0.39, 0.29) is 13.5 Å². The summed E-state index contributed by atoms with van der Waals surface area (Å²) in [5.41, 5.74) is 0. The van der Waals surface area contributed by atoms with Crippen molar-refractivity contribution in [1.29, 1.82) is 0 Å². The van der Waals surface area contributed by atoms with Crippen molar-refractivity contribution in [2.24, 2.45) is 0 Å². The molecule has 0 aromatic carbocycles. The summed E-state index contributed by atoms with van der Waals surface area (Å²) in [5.74, 6) is 0. The van der Waals surface area contributed by atoms with Crippen molar-refractivity contribution < 1.29 is 13.3 Å². The molecular weight excluding hydrogens is 144 g/mol. The van der Waals surface area contributed by atoms with E-state index in [2.05, 4.69) is 11.2 Å². The number of hydrogen-bond donors (Lipinski definition) is 0. The molecule has 6 heavy (non-hydrogen) atoms. The van der Waals surface area contributed by atoms with Crippen LogP contribution in [0.4, 0.5) is 0 Å². The summed E-state index contributed by atoms with van der Waals surface area (Å²) in [6.45, 7) is 0. The van der Waals surface area contributed by atoms with Crippen molar-refractivity contribution in [3.63, 3.8) is 0 Å². The van der Waals surface area contributed by atoms with E-state index in [1.807, 2.05) is 0 Å². The molecule has 0 aromatic heterocycles. The Labute approximate surface area is 47.5 Å². The molecule has 0 fully saturated rings. The highest BCUT2D eigenvalue weighted by molar-refractivity contribution is 8.26. The van der Waals surface area contributed by atoms with E-state index in [0.29, 0.717) is 0 Å². The van der Waals surface area contributed by atoms with Crippen LogP contribution in [-0.2, 0) is 33.7 Å². The normalized spacial score (nSPS) is 9.67. The van der Waals surface area contributed by atoms with Gasteiger partial charge in [-0.1, -0.05) is 0 Å². The summed E-state index contributed by atoms with van der Waals surface area (Å²) in [4.78, 5) is 0. The third kappa shape index (κ3) is 150. The van der Waals surface area contributed by atoms with Gasteiger partial charge in [-0.05, 0) is 11.2 Å². The lowest BCUT2D eigenvalue weighted by Gasteiger charge is -2.12. The molecule has 0 aromatic rings. The Hall–Kier alpha value is 0.640. The van der Waals surface area contributed by atoms with Crippen molar-refractivity contribution in [3.8, 4) is 0 Å². The predicted octanol–water partition coefficient (Wildman–Crippen LogP) is -1.01. The van der Waals surface area contributed by atoms with Gasteiger partial charge in [0.1, 0.15) is 0 Å². The van der Waals surface area contributed by atoms with E-state index in [1.54, 1.807) is 0 Å². The molecule has 4 radical (unpaired) electrons. The molecule has 3 nitrogen and oxygen atoms in total. The van der Waals surface area contributed by atoms with Crippen LogP contribution in [-0.4, -0.2) is 13.3 Å². The van der Waals surface area contributed by atoms with E-state index in [9.17, 15) is 0 Å². The van der Waals surface area contributed by atoms with Gasteiger partial charge < -0.3 is 9.11 Å². The minimum absolute atomic E-state index is 0. The lowest BCUT2D eigenvalue weighted by Crippen LogP contribution is -1.88. The average Bonchev–Trinajstić information content (AvgIpc) is 0.722. The van der Waals surface area contributed by atoms with E-state index in [0.717, 1.165) is 0 Å². The Kier molecular flexibility index (Phi) is 4.50. The van der Waals surface area contributed by atoms with Crippen LogP contribution in [0.2, 0.25) is 0 Å². The highest BCUT2D eigenvalue weighted by atomic mass is 32.9. The molecule has 6 heteroatoms. The SMILES string of the molecule is O=S([O-])([O-])=S.[S+2]. The lowest BCUT2D eigenvalue weighted by molar-refractivity contribution is 0.416. The molecule has 36 valence electrons. The van der Waals surface area contributed by atoms with Crippen molar-refractivity contribution in [2.45, 2.75) is 0 Å². The van der Waals surface area contributed by atoms with Crippen LogP contribution in [0.5, 0.6) is 0 Å². The van der Waals surface area contributed by atoms with Gasteiger partial charge in [-0.2, -0.15) is 0 Å². The molecule has 0 aliphatic carbocycles. The van der Waals surface area contributed by atoms with Gasteiger partial charge in [-0.15, -0.1) is 9.05 Å². The molecule has 0 saturated heterocycles. The Morgan fingerprint density at radius 1 is 1.50 bits per heavy atom. The summed E-state index contributed by atoms with van der Waals surface area (Å²) in [6.07, 6.45) is 0. The molecule has 0 unspecified atom stereocenters. The molecule has 0 atom stereocenters. The van der Waals surface area contributed by atoms with Crippen molar-refractivity contribution in [1.82, 2.24) is 0 Å². The maximum atomic E-state index is 8.89. The Morgan fingerprint density at radius 3 is 1.50 bits per heavy atom. The smallest absolute Gasteiger partial charge is 0.780 e. The standard InChI is InChI=1S/H2O3S2.S/c1-5(2,3)4;/h(H2,1,2,3,4);/q;+2/p-2. The van der Waals surface area contributed by atoms with Gasteiger partial charge in [0.2, 0.25) is 0 Å². The largest absolute Gasteiger partial charge is 2.00 e. The predicted molar refractivity (Wildman–Crippen MR) is 24.4 cm³/mol. The minimum atomic E-state index is -4.33. The number of rotatable bonds is 0. The highest BCUT2D eigenvalue weighted by Crippen LogP contribution is 1.60. The summed E-state index contributed by atoms with van der Waals surface area (Å²) < 4.78 is 26.7. The van der Waals surface area contributed by atoms with Crippen molar-refractivity contribution in [3.05, 3.63) is 0 Å². The van der Waals surface area contributed by atoms with Crippen LogP contribution < -0.4 is 0 Å². The van der Waals surface area contributed by atoms with Crippen LogP contribution in [0.25, 0.3) is 0 Å². The van der Waals surface area contributed by atoms with Crippen molar-refractivity contribution in [2.75, 3.05) is 0 Å². The molecule has 0 aliphatic heterocycles. The van der Waals surface area contributed by atoms with Crippen LogP contribution in [0.15, 0.2) is 0 Å². The van der Waals surface area contributed by atoms with E-state index < -0.39 is 9.05 Å². The van der Waals surface area contributed by atoms with Gasteiger partial charge in [0, 0.05) is 0 Å². The quantitative estimate of drug-likeness (QED) is 0.437. The summed E-state index contributed by atoms with van der Waals surface area (Å²) in [6, 6.07) is 0. The topological polar surface area (TPSA) is 63.2 Å². The maximum Gasteiger partial charge on any atom is 2.00 e. The van der Waals surface area contributed by atoms with Gasteiger partial charge >= 0.3 is 13.5 Å². The first kappa shape index (κ1) is 9.81. The van der Waals surface area contributed by atoms with Gasteiger partial charge in [0.05, 0.1) is 0 Å². The first-order chi connectivity index (χ1) is 2.00. The first-order valence-corrected chi connectivity index (χ1v) is 3.00. The lowest BCUT2D eigenvalue weighted by atomic mass is 15.8. The molecule has 0 spiro atoms. The zero-order chi connectivity index (χ0) is 4.50. The fourth-order valence-corrected chi connectivity index (χ4v) is 0. The van der Waals surface area contributed by atoms with Gasteiger partial charge in [0.25, 0.3) is 0 Å². The summed E-state index contributed by atoms with van der Waals surface area (Å²) >= 11 is 3.24. The summed E-state index contributed by atoms with van der Waals surface area (Å²) in [7, 11) is -4.33. The average molecular weight is 144 g/mol. The molecule has 0 saturated carbocycles. The van der Waals surface area contributed by atoms with Crippen LogP contribution >= 0.6 is 0 Å². The Morgan fingerprint density at radius 2 is 1.50 bits per heavy atom. The van der Waals surface area contributed by atoms with E-state index in [1.165, 1.54) is 0 Å². The van der Waals surface area contributed by atoms with Gasteiger partial charge in [-0.25, -0.2) is 0 Å². The molecule has 0 aliphatic rings. The molecule has 0 N–H and O–H groups in total. The maximum absolute atomic E-state index is 8.89. The van der Waals surface area contributed by atoms with Crippen LogP contribution in [0.3, 0.4) is 0 Å². The first-order valence-electron chi connectivity index (χ1n) is 0.667. The molecule has 0 bridgehead atoms. The van der Waals surface area contributed by atoms with Crippen LogP contribution in [0, 0.1) is 0 Å². The highest BCUT2D eigenvalue weighted by Gasteiger charge is 2.00. The van der Waals surface area contributed by atoms with Gasteiger partial charge in [0.15, 0.2) is 0 Å². The molecular formula is O3S3. The second-order valence-electron chi connectivity index (χ2n) is 0.408. The second kappa shape index (κ2) is 2.75.